The van der Waals surface area contributed by atoms with Gasteiger partial charge in [-0.25, -0.2) is 8.42 Å². The highest BCUT2D eigenvalue weighted by Gasteiger charge is 2.38. The Labute approximate surface area is 104 Å². The lowest BCUT2D eigenvalue weighted by molar-refractivity contribution is -0.117. The predicted octanol–water partition coefficient (Wildman–Crippen LogP) is 0.705. The molecule has 0 saturated heterocycles. The molecule has 0 radical (unpaired) electrons. The molecule has 1 aliphatic carbocycles. The molecule has 1 aromatic carbocycles. The molecule has 0 spiro atoms. The second-order valence-electron chi connectivity index (χ2n) is 4.21. The molecule has 6 heteroatoms. The normalized spacial score (nSPS) is 23.0. The first kappa shape index (κ1) is 11.5. The van der Waals surface area contributed by atoms with Crippen molar-refractivity contribution in [3.05, 3.63) is 47.1 Å². The van der Waals surface area contributed by atoms with Crippen LogP contribution in [0.1, 0.15) is 6.42 Å². The minimum absolute atomic E-state index is 0.0140. The number of benzene rings is 1. The average molecular weight is 266 g/mol. The Morgan fingerprint density at radius 1 is 1.22 bits per heavy atom. The van der Waals surface area contributed by atoms with E-state index < -0.39 is 15.6 Å². The molecule has 5 nitrogen and oxygen atoms in total. The SMILES string of the molecule is O=S1(=O)C2=CCC(O)(O)C=C2Oc2ccccc21. The van der Waals surface area contributed by atoms with Crippen LogP contribution in [0.25, 0.3) is 0 Å². The molecular weight excluding hydrogens is 256 g/mol. The van der Waals surface area contributed by atoms with Gasteiger partial charge in [-0.15, -0.1) is 0 Å². The van der Waals surface area contributed by atoms with Gasteiger partial charge in [-0.05, 0) is 12.1 Å². The van der Waals surface area contributed by atoms with Gasteiger partial charge in [-0.1, -0.05) is 18.2 Å². The van der Waals surface area contributed by atoms with E-state index in [0.29, 0.717) is 0 Å². The van der Waals surface area contributed by atoms with Crippen LogP contribution in [0.4, 0.5) is 0 Å². The molecule has 18 heavy (non-hydrogen) atoms. The molecule has 0 saturated carbocycles. The summed E-state index contributed by atoms with van der Waals surface area (Å²) >= 11 is 0. The van der Waals surface area contributed by atoms with Crippen molar-refractivity contribution in [2.45, 2.75) is 17.1 Å². The lowest BCUT2D eigenvalue weighted by atomic mass is 10.1. The van der Waals surface area contributed by atoms with Gasteiger partial charge in [0.25, 0.3) is 0 Å². The number of aliphatic hydroxyl groups is 2. The lowest BCUT2D eigenvalue weighted by Crippen LogP contribution is -2.31. The minimum atomic E-state index is -3.65. The molecule has 94 valence electrons. The van der Waals surface area contributed by atoms with Crippen LogP contribution >= 0.6 is 0 Å². The number of hydrogen-bond acceptors (Lipinski definition) is 5. The van der Waals surface area contributed by atoms with E-state index in [2.05, 4.69) is 0 Å². The van der Waals surface area contributed by atoms with E-state index in [-0.39, 0.29) is 27.7 Å². The molecule has 0 atom stereocenters. The van der Waals surface area contributed by atoms with E-state index in [1.165, 1.54) is 18.2 Å². The topological polar surface area (TPSA) is 83.8 Å². The fraction of sp³-hybridized carbons (Fsp3) is 0.167. The van der Waals surface area contributed by atoms with Gasteiger partial charge in [-0.3, -0.25) is 0 Å². The van der Waals surface area contributed by atoms with Gasteiger partial charge in [0.2, 0.25) is 9.84 Å². The van der Waals surface area contributed by atoms with Crippen molar-refractivity contribution < 1.29 is 23.4 Å². The van der Waals surface area contributed by atoms with Crippen molar-refractivity contribution in [3.63, 3.8) is 0 Å². The highest BCUT2D eigenvalue weighted by atomic mass is 32.2. The number of hydrogen-bond donors (Lipinski definition) is 2. The van der Waals surface area contributed by atoms with Crippen LogP contribution in [-0.4, -0.2) is 24.4 Å². The summed E-state index contributed by atoms with van der Waals surface area (Å²) in [6, 6.07) is 6.25. The van der Waals surface area contributed by atoms with Crippen molar-refractivity contribution in [2.24, 2.45) is 0 Å². The summed E-state index contributed by atoms with van der Waals surface area (Å²) in [4.78, 5) is 0.0803. The van der Waals surface area contributed by atoms with Crippen LogP contribution < -0.4 is 4.74 Å². The Morgan fingerprint density at radius 3 is 2.72 bits per heavy atom. The maximum absolute atomic E-state index is 12.3. The number of para-hydroxylation sites is 1. The molecule has 1 aromatic rings. The fourth-order valence-corrected chi connectivity index (χ4v) is 3.54. The smallest absolute Gasteiger partial charge is 0.213 e. The standard InChI is InChI=1S/C12H10O5S/c13-12(14)6-5-11-9(7-12)17-8-3-1-2-4-10(8)18(11,15)16/h1-5,7,13-14H,6H2. The summed E-state index contributed by atoms with van der Waals surface area (Å²) in [6.45, 7) is 0. The third-order valence-electron chi connectivity index (χ3n) is 2.84. The Bertz CT molecular complexity index is 682. The van der Waals surface area contributed by atoms with Gasteiger partial charge in [-0.2, -0.15) is 0 Å². The predicted molar refractivity (Wildman–Crippen MR) is 62.2 cm³/mol. The van der Waals surface area contributed by atoms with Crippen molar-refractivity contribution in [1.82, 2.24) is 0 Å². The number of fused-ring (bicyclic) bond motifs is 2. The van der Waals surface area contributed by atoms with Gasteiger partial charge in [0.1, 0.15) is 21.3 Å². The van der Waals surface area contributed by atoms with Crippen LogP contribution in [0, 0.1) is 0 Å². The summed E-state index contributed by atoms with van der Waals surface area (Å²) in [5.74, 6) is -1.91. The van der Waals surface area contributed by atoms with E-state index in [4.69, 9.17) is 4.74 Å². The van der Waals surface area contributed by atoms with E-state index in [1.807, 2.05) is 0 Å². The summed E-state index contributed by atoms with van der Waals surface area (Å²) in [7, 11) is -3.65. The van der Waals surface area contributed by atoms with Gasteiger partial charge < -0.3 is 14.9 Å². The lowest BCUT2D eigenvalue weighted by Gasteiger charge is -2.28. The van der Waals surface area contributed by atoms with E-state index in [1.54, 1.807) is 12.1 Å². The second kappa shape index (κ2) is 3.44. The molecule has 0 bridgehead atoms. The Kier molecular flexibility index (Phi) is 2.19. The molecule has 2 N–H and O–H groups in total. The largest absolute Gasteiger partial charge is 0.455 e. The van der Waals surface area contributed by atoms with Gasteiger partial charge in [0.15, 0.2) is 5.79 Å². The maximum atomic E-state index is 12.3. The zero-order valence-corrected chi connectivity index (χ0v) is 10.0. The maximum Gasteiger partial charge on any atom is 0.213 e. The fourth-order valence-electron chi connectivity index (χ4n) is 2.00. The summed E-state index contributed by atoms with van der Waals surface area (Å²) < 4.78 is 30.0. The Balaban J connectivity index is 2.25. The van der Waals surface area contributed by atoms with Crippen LogP contribution in [0.3, 0.4) is 0 Å². The van der Waals surface area contributed by atoms with E-state index >= 15 is 0 Å². The van der Waals surface area contributed by atoms with Crippen LogP contribution in [0.5, 0.6) is 5.75 Å². The first-order chi connectivity index (χ1) is 8.40. The van der Waals surface area contributed by atoms with Crippen LogP contribution in [0.15, 0.2) is 52.0 Å². The molecule has 0 amide bonds. The first-order valence-corrected chi connectivity index (χ1v) is 6.79. The van der Waals surface area contributed by atoms with Crippen LogP contribution in [-0.2, 0) is 9.84 Å². The van der Waals surface area contributed by atoms with Gasteiger partial charge in [0.05, 0.1) is 0 Å². The van der Waals surface area contributed by atoms with Crippen molar-refractivity contribution in [2.75, 3.05) is 0 Å². The molecule has 0 unspecified atom stereocenters. The highest BCUT2D eigenvalue weighted by Crippen LogP contribution is 2.41. The molecular formula is C12H10O5S. The molecule has 1 aliphatic heterocycles. The zero-order chi connectivity index (χ0) is 13.0. The number of sulfone groups is 1. The minimum Gasteiger partial charge on any atom is -0.455 e. The quantitative estimate of drug-likeness (QED) is 0.675. The number of rotatable bonds is 0. The van der Waals surface area contributed by atoms with E-state index in [9.17, 15) is 18.6 Å². The van der Waals surface area contributed by atoms with Crippen molar-refractivity contribution in [1.29, 1.82) is 0 Å². The third-order valence-corrected chi connectivity index (χ3v) is 4.70. The summed E-state index contributed by atoms with van der Waals surface area (Å²) in [6.07, 6.45) is 2.09. The average Bonchev–Trinajstić information content (AvgIpc) is 2.27. The monoisotopic (exact) mass is 266 g/mol. The van der Waals surface area contributed by atoms with Crippen LogP contribution in [0.2, 0.25) is 0 Å². The van der Waals surface area contributed by atoms with Crippen molar-refractivity contribution >= 4 is 9.84 Å². The van der Waals surface area contributed by atoms with Gasteiger partial charge in [0, 0.05) is 12.5 Å². The zero-order valence-electron chi connectivity index (χ0n) is 9.20. The Hall–Kier alpha value is -1.63. The summed E-state index contributed by atoms with van der Waals surface area (Å²) in [5.41, 5.74) is 0. The second-order valence-corrected chi connectivity index (χ2v) is 6.10. The molecule has 0 aromatic heterocycles. The first-order valence-electron chi connectivity index (χ1n) is 5.30. The third kappa shape index (κ3) is 1.58. The summed E-state index contributed by atoms with van der Waals surface area (Å²) in [5, 5.41) is 19.0. The molecule has 0 fully saturated rings. The van der Waals surface area contributed by atoms with Gasteiger partial charge >= 0.3 is 0 Å². The molecule has 1 heterocycles. The van der Waals surface area contributed by atoms with Crippen molar-refractivity contribution in [3.8, 4) is 5.75 Å². The van der Waals surface area contributed by atoms with E-state index in [0.717, 1.165) is 6.08 Å². The Morgan fingerprint density at radius 2 is 1.94 bits per heavy atom. The molecule has 2 aliphatic rings. The molecule has 3 rings (SSSR count). The highest BCUT2D eigenvalue weighted by molar-refractivity contribution is 7.95. The number of ether oxygens (including phenoxy) is 1.